The maximum Gasteiger partial charge on any atom is 0.356 e. The Kier molecular flexibility index (Phi) is 2.43. The lowest BCUT2D eigenvalue weighted by Crippen LogP contribution is -1.95. The summed E-state index contributed by atoms with van der Waals surface area (Å²) in [6, 6.07) is 3.73. The first-order valence-corrected chi connectivity index (χ1v) is 6.68. The van der Waals surface area contributed by atoms with Crippen molar-refractivity contribution in [2.24, 2.45) is 0 Å². The predicted molar refractivity (Wildman–Crippen MR) is 68.4 cm³/mol. The number of carboxylic acids is 1. The van der Waals surface area contributed by atoms with E-state index in [1.807, 2.05) is 17.5 Å². The van der Waals surface area contributed by atoms with Crippen LogP contribution in [0.4, 0.5) is 0 Å². The van der Waals surface area contributed by atoms with Gasteiger partial charge in [-0.2, -0.15) is 0 Å². The van der Waals surface area contributed by atoms with E-state index in [0.29, 0.717) is 9.30 Å². The van der Waals surface area contributed by atoms with Crippen LogP contribution in [-0.2, 0) is 0 Å². The zero-order valence-corrected chi connectivity index (χ0v) is 10.6. The van der Waals surface area contributed by atoms with E-state index in [1.165, 1.54) is 28.9 Å². The maximum absolute atomic E-state index is 10.8. The second-order valence-electron chi connectivity index (χ2n) is 3.31. The molecule has 0 aliphatic rings. The number of imidazole rings is 1. The molecule has 0 aliphatic carbocycles. The van der Waals surface area contributed by atoms with Crippen molar-refractivity contribution in [1.29, 1.82) is 0 Å². The van der Waals surface area contributed by atoms with Crippen molar-refractivity contribution in [3.8, 4) is 10.6 Å². The number of fused-ring (bicyclic) bond motifs is 1. The molecule has 0 aliphatic heterocycles. The van der Waals surface area contributed by atoms with Gasteiger partial charge in [-0.1, -0.05) is 11.6 Å². The van der Waals surface area contributed by atoms with Crippen molar-refractivity contribution in [2.45, 2.75) is 0 Å². The standard InChI is InChI=1S/C10H5ClN2O2S2/c11-8-2-1-7(17-8)6-4-16-10-12-5(9(14)15)3-13(6)10/h1-4H,(H,14,15). The molecule has 0 saturated carbocycles. The molecule has 0 saturated heterocycles. The van der Waals surface area contributed by atoms with Crippen LogP contribution in [0.25, 0.3) is 15.5 Å². The average Bonchev–Trinajstić information content (AvgIpc) is 2.90. The molecule has 86 valence electrons. The minimum Gasteiger partial charge on any atom is -0.476 e. The molecule has 0 bridgehead atoms. The van der Waals surface area contributed by atoms with Crippen molar-refractivity contribution in [2.75, 3.05) is 0 Å². The summed E-state index contributed by atoms with van der Waals surface area (Å²) in [5, 5.41) is 10.8. The lowest BCUT2D eigenvalue weighted by molar-refractivity contribution is 0.0691. The van der Waals surface area contributed by atoms with Gasteiger partial charge in [-0.15, -0.1) is 22.7 Å². The van der Waals surface area contributed by atoms with Crippen LogP contribution in [-0.4, -0.2) is 20.5 Å². The van der Waals surface area contributed by atoms with Crippen LogP contribution in [0.1, 0.15) is 10.5 Å². The van der Waals surface area contributed by atoms with E-state index in [-0.39, 0.29) is 5.69 Å². The van der Waals surface area contributed by atoms with Gasteiger partial charge in [0, 0.05) is 11.6 Å². The molecular formula is C10H5ClN2O2S2. The van der Waals surface area contributed by atoms with Gasteiger partial charge in [-0.05, 0) is 12.1 Å². The number of halogens is 1. The van der Waals surface area contributed by atoms with Crippen LogP contribution >= 0.6 is 34.3 Å². The number of hydrogen-bond donors (Lipinski definition) is 1. The smallest absolute Gasteiger partial charge is 0.356 e. The fourth-order valence-corrected chi connectivity index (χ4v) is 3.52. The van der Waals surface area contributed by atoms with Crippen LogP contribution < -0.4 is 0 Å². The molecule has 1 N–H and O–H groups in total. The molecule has 0 aromatic carbocycles. The number of carboxylic acid groups (broad SMARTS) is 1. The second-order valence-corrected chi connectivity index (χ2v) is 5.86. The van der Waals surface area contributed by atoms with E-state index < -0.39 is 5.97 Å². The third kappa shape index (κ3) is 1.74. The molecule has 3 rings (SSSR count). The Morgan fingerprint density at radius 3 is 2.94 bits per heavy atom. The molecule has 3 aromatic rings. The molecule has 4 nitrogen and oxygen atoms in total. The molecule has 0 atom stereocenters. The topological polar surface area (TPSA) is 54.6 Å². The largest absolute Gasteiger partial charge is 0.476 e. The highest BCUT2D eigenvalue weighted by Gasteiger charge is 2.14. The minimum absolute atomic E-state index is 0.0563. The first kappa shape index (κ1) is 10.8. The van der Waals surface area contributed by atoms with E-state index in [9.17, 15) is 4.79 Å². The van der Waals surface area contributed by atoms with Crippen molar-refractivity contribution in [1.82, 2.24) is 9.38 Å². The van der Waals surface area contributed by atoms with Gasteiger partial charge in [-0.3, -0.25) is 4.40 Å². The van der Waals surface area contributed by atoms with Gasteiger partial charge in [0.2, 0.25) is 0 Å². The first-order valence-electron chi connectivity index (χ1n) is 4.61. The molecule has 0 radical (unpaired) electrons. The quantitative estimate of drug-likeness (QED) is 0.784. The lowest BCUT2D eigenvalue weighted by Gasteiger charge is -1.92. The highest BCUT2D eigenvalue weighted by atomic mass is 35.5. The van der Waals surface area contributed by atoms with Gasteiger partial charge in [0.25, 0.3) is 0 Å². The predicted octanol–water partition coefficient (Wildman–Crippen LogP) is 3.48. The SMILES string of the molecule is O=C(O)c1cn2c(-c3ccc(Cl)s3)csc2n1. The molecule has 3 aromatic heterocycles. The monoisotopic (exact) mass is 284 g/mol. The summed E-state index contributed by atoms with van der Waals surface area (Å²) >= 11 is 8.75. The Bertz CT molecular complexity index is 713. The van der Waals surface area contributed by atoms with Crippen molar-refractivity contribution in [3.05, 3.63) is 33.7 Å². The minimum atomic E-state index is -1.02. The fraction of sp³-hybridized carbons (Fsp3) is 0. The number of thiazole rings is 1. The summed E-state index contributed by atoms with van der Waals surface area (Å²) < 4.78 is 2.48. The number of thiophene rings is 1. The molecule has 17 heavy (non-hydrogen) atoms. The van der Waals surface area contributed by atoms with Crippen molar-refractivity contribution in [3.63, 3.8) is 0 Å². The zero-order chi connectivity index (χ0) is 12.0. The summed E-state index contributed by atoms with van der Waals surface area (Å²) in [5.74, 6) is -1.02. The molecule has 0 spiro atoms. The Balaban J connectivity index is 2.20. The molecule has 7 heteroatoms. The van der Waals surface area contributed by atoms with Gasteiger partial charge >= 0.3 is 5.97 Å². The number of aromatic carboxylic acids is 1. The number of aromatic nitrogens is 2. The molecular weight excluding hydrogens is 280 g/mol. The molecule has 0 amide bonds. The van der Waals surface area contributed by atoms with E-state index in [4.69, 9.17) is 16.7 Å². The van der Waals surface area contributed by atoms with Crippen LogP contribution in [0.3, 0.4) is 0 Å². The first-order chi connectivity index (χ1) is 8.15. The normalized spacial score (nSPS) is 11.1. The summed E-state index contributed by atoms with van der Waals surface area (Å²) in [4.78, 5) is 16.5. The highest BCUT2D eigenvalue weighted by molar-refractivity contribution is 7.20. The van der Waals surface area contributed by atoms with Gasteiger partial charge in [0.15, 0.2) is 10.7 Å². The van der Waals surface area contributed by atoms with Gasteiger partial charge in [0.1, 0.15) is 0 Å². The van der Waals surface area contributed by atoms with Crippen LogP contribution in [0, 0.1) is 0 Å². The zero-order valence-electron chi connectivity index (χ0n) is 8.25. The maximum atomic E-state index is 10.8. The Labute approximate surface area is 109 Å². The number of hydrogen-bond acceptors (Lipinski definition) is 4. The van der Waals surface area contributed by atoms with Gasteiger partial charge < -0.3 is 5.11 Å². The Morgan fingerprint density at radius 2 is 2.29 bits per heavy atom. The van der Waals surface area contributed by atoms with Crippen molar-refractivity contribution < 1.29 is 9.90 Å². The van der Waals surface area contributed by atoms with E-state index >= 15 is 0 Å². The number of rotatable bonds is 2. The summed E-state index contributed by atoms with van der Waals surface area (Å²) in [5.41, 5.74) is 0.975. The highest BCUT2D eigenvalue weighted by Crippen LogP contribution is 2.33. The van der Waals surface area contributed by atoms with Gasteiger partial charge in [0.05, 0.1) is 14.9 Å². The van der Waals surface area contributed by atoms with Crippen LogP contribution in [0.2, 0.25) is 4.34 Å². The molecule has 0 fully saturated rings. The fourth-order valence-electron chi connectivity index (χ4n) is 1.52. The van der Waals surface area contributed by atoms with Crippen molar-refractivity contribution >= 4 is 45.2 Å². The second kappa shape index (κ2) is 3.83. The van der Waals surface area contributed by atoms with E-state index in [2.05, 4.69) is 4.98 Å². The van der Waals surface area contributed by atoms with E-state index in [1.54, 1.807) is 4.40 Å². The van der Waals surface area contributed by atoms with Crippen LogP contribution in [0.15, 0.2) is 23.7 Å². The third-order valence-corrected chi connectivity index (χ3v) is 4.35. The summed E-state index contributed by atoms with van der Waals surface area (Å²) in [6.07, 6.45) is 1.52. The molecule has 3 heterocycles. The number of nitrogens with zero attached hydrogens (tertiary/aromatic N) is 2. The van der Waals surface area contributed by atoms with Crippen LogP contribution in [0.5, 0.6) is 0 Å². The van der Waals surface area contributed by atoms with Gasteiger partial charge in [-0.25, -0.2) is 9.78 Å². The summed E-state index contributed by atoms with van der Waals surface area (Å²) in [7, 11) is 0. The Morgan fingerprint density at radius 1 is 1.47 bits per heavy atom. The molecule has 0 unspecified atom stereocenters. The number of carbonyl (C=O) groups is 1. The average molecular weight is 285 g/mol. The Hall–Kier alpha value is -1.37. The van der Waals surface area contributed by atoms with E-state index in [0.717, 1.165) is 10.6 Å². The third-order valence-electron chi connectivity index (χ3n) is 2.25. The summed E-state index contributed by atoms with van der Waals surface area (Å²) in [6.45, 7) is 0. The lowest BCUT2D eigenvalue weighted by atomic mass is 10.4.